The van der Waals surface area contributed by atoms with Crippen LogP contribution in [0.1, 0.15) is 18.1 Å². The van der Waals surface area contributed by atoms with Crippen LogP contribution in [-0.4, -0.2) is 35.9 Å². The molecule has 1 amide bonds. The molecule has 0 spiro atoms. The Morgan fingerprint density at radius 1 is 1.15 bits per heavy atom. The summed E-state index contributed by atoms with van der Waals surface area (Å²) < 4.78 is 10.8. The third-order valence-corrected chi connectivity index (χ3v) is 3.99. The van der Waals surface area contributed by atoms with Crippen molar-refractivity contribution in [3.8, 4) is 11.5 Å². The second-order valence-electron chi connectivity index (χ2n) is 5.75. The van der Waals surface area contributed by atoms with Gasteiger partial charge in [-0.25, -0.2) is 0 Å². The van der Waals surface area contributed by atoms with E-state index in [1.165, 1.54) is 6.08 Å². The Labute approximate surface area is 163 Å². The van der Waals surface area contributed by atoms with Gasteiger partial charge in [0, 0.05) is 11.6 Å². The van der Waals surface area contributed by atoms with Gasteiger partial charge in [0.1, 0.15) is 22.6 Å². The molecule has 1 atom stereocenters. The van der Waals surface area contributed by atoms with Gasteiger partial charge in [-0.2, -0.15) is 0 Å². The first kappa shape index (κ1) is 20.4. The van der Waals surface area contributed by atoms with Gasteiger partial charge < -0.3 is 14.8 Å². The zero-order chi connectivity index (χ0) is 19.6. The first-order valence-corrected chi connectivity index (χ1v) is 8.73. The number of carbonyl (C=O) groups excluding carboxylic acids is 1. The molecule has 3 N–H and O–H groups in total. The monoisotopic (exact) mass is 386 g/mol. The maximum atomic E-state index is 11.9. The molecule has 0 radical (unpaired) electrons. The Kier molecular flexibility index (Phi) is 7.79. The summed E-state index contributed by atoms with van der Waals surface area (Å²) in [6.45, 7) is 2.23. The van der Waals surface area contributed by atoms with Gasteiger partial charge in [-0.1, -0.05) is 24.4 Å². The van der Waals surface area contributed by atoms with Crippen LogP contribution in [0.2, 0.25) is 0 Å². The van der Waals surface area contributed by atoms with Crippen LogP contribution in [0.25, 0.3) is 6.08 Å². The summed E-state index contributed by atoms with van der Waals surface area (Å²) in [5.41, 5.74) is 3.53. The molecule has 2 rings (SSSR count). The predicted molar refractivity (Wildman–Crippen MR) is 108 cm³/mol. The Hall–Kier alpha value is -2.90. The number of ether oxygens (including phenoxy) is 2. The molecule has 142 valence electrons. The van der Waals surface area contributed by atoms with E-state index in [-0.39, 0.29) is 17.0 Å². The number of hydrogen-bond donors (Lipinski definition) is 3. The lowest BCUT2D eigenvalue weighted by atomic mass is 10.2. The van der Waals surface area contributed by atoms with Gasteiger partial charge in [-0.05, 0) is 55.0 Å². The Morgan fingerprint density at radius 2 is 1.78 bits per heavy atom. The van der Waals surface area contributed by atoms with Crippen molar-refractivity contribution in [3.63, 3.8) is 0 Å². The summed E-state index contributed by atoms with van der Waals surface area (Å²) in [5.74, 6) is 1.22. The van der Waals surface area contributed by atoms with Gasteiger partial charge in [-0.15, -0.1) is 0 Å². The first-order chi connectivity index (χ1) is 13.0. The molecule has 0 aliphatic carbocycles. The zero-order valence-corrected chi connectivity index (χ0v) is 16.0. The molecule has 0 bridgehead atoms. The second-order valence-corrected chi connectivity index (χ2v) is 6.15. The van der Waals surface area contributed by atoms with Gasteiger partial charge in [0.2, 0.25) is 5.91 Å². The van der Waals surface area contributed by atoms with Crippen molar-refractivity contribution in [1.29, 1.82) is 0 Å². The topological polar surface area (TPSA) is 79.8 Å². The number of methoxy groups -OCH3 is 1. The van der Waals surface area contributed by atoms with E-state index in [0.717, 1.165) is 11.3 Å². The molecule has 27 heavy (non-hydrogen) atoms. The highest BCUT2D eigenvalue weighted by Gasteiger charge is 2.06. The van der Waals surface area contributed by atoms with Crippen LogP contribution < -0.4 is 20.3 Å². The van der Waals surface area contributed by atoms with E-state index < -0.39 is 0 Å². The van der Waals surface area contributed by atoms with Crippen LogP contribution in [0.3, 0.4) is 0 Å². The van der Waals surface area contributed by atoms with Crippen molar-refractivity contribution < 1.29 is 19.5 Å². The number of hydroxylamine groups is 1. The summed E-state index contributed by atoms with van der Waals surface area (Å²) in [4.78, 5) is 12.2. The number of rotatable bonds is 8. The number of thiocarbonyl (C=S) groups is 1. The Morgan fingerprint density at radius 3 is 2.37 bits per heavy atom. The normalized spacial score (nSPS) is 11.7. The molecule has 0 aliphatic heterocycles. The second kappa shape index (κ2) is 10.3. The van der Waals surface area contributed by atoms with Crippen molar-refractivity contribution in [1.82, 2.24) is 10.8 Å². The van der Waals surface area contributed by atoms with Gasteiger partial charge in [0.05, 0.1) is 13.7 Å². The summed E-state index contributed by atoms with van der Waals surface area (Å²) in [5, 5.41) is 11.6. The number of benzene rings is 2. The Balaban J connectivity index is 1.78. The molecule has 0 heterocycles. The third-order valence-electron chi connectivity index (χ3n) is 3.66. The maximum absolute atomic E-state index is 11.9. The molecule has 0 fully saturated rings. The van der Waals surface area contributed by atoms with E-state index in [4.69, 9.17) is 26.9 Å². The highest BCUT2D eigenvalue weighted by atomic mass is 32.1. The highest BCUT2D eigenvalue weighted by Crippen LogP contribution is 2.14. The van der Waals surface area contributed by atoms with Gasteiger partial charge >= 0.3 is 0 Å². The number of hydrogen-bond acceptors (Lipinski definition) is 5. The summed E-state index contributed by atoms with van der Waals surface area (Å²) in [6.07, 6.45) is 3.00. The molecule has 0 aliphatic rings. The van der Waals surface area contributed by atoms with Crippen LogP contribution in [0, 0.1) is 0 Å². The lowest BCUT2D eigenvalue weighted by Crippen LogP contribution is -2.32. The highest BCUT2D eigenvalue weighted by molar-refractivity contribution is 7.80. The lowest BCUT2D eigenvalue weighted by molar-refractivity contribution is -0.116. The minimum absolute atomic E-state index is 0.198. The standard InChI is InChI=1S/C20H22N2O4S/c1-14(26-18-10-6-16(7-11-18)20(27)22-24)13-21-19(23)12-5-15-3-8-17(25-2)9-4-15/h3-12,14,24H,13H2,1-2H3,(H,21,23)(H,22,27)/t14-/m1/s1. The fourth-order valence-electron chi connectivity index (χ4n) is 2.21. The molecule has 6 nitrogen and oxygen atoms in total. The molecular weight excluding hydrogens is 364 g/mol. The van der Waals surface area contributed by atoms with Crippen LogP contribution in [0.5, 0.6) is 11.5 Å². The smallest absolute Gasteiger partial charge is 0.244 e. The van der Waals surface area contributed by atoms with Crippen molar-refractivity contribution in [2.45, 2.75) is 13.0 Å². The van der Waals surface area contributed by atoms with E-state index in [1.54, 1.807) is 37.5 Å². The number of amides is 1. The summed E-state index contributed by atoms with van der Waals surface area (Å²) >= 11 is 4.93. The van der Waals surface area contributed by atoms with Gasteiger partial charge in [-0.3, -0.25) is 15.5 Å². The van der Waals surface area contributed by atoms with E-state index >= 15 is 0 Å². The van der Waals surface area contributed by atoms with Crippen molar-refractivity contribution in [2.24, 2.45) is 0 Å². The molecule has 7 heteroatoms. The third kappa shape index (κ3) is 6.73. The average Bonchev–Trinajstić information content (AvgIpc) is 2.71. The number of carbonyl (C=O) groups is 1. The van der Waals surface area contributed by atoms with E-state index in [0.29, 0.717) is 17.9 Å². The van der Waals surface area contributed by atoms with E-state index in [9.17, 15) is 4.79 Å². The van der Waals surface area contributed by atoms with Crippen LogP contribution in [0.4, 0.5) is 0 Å². The zero-order valence-electron chi connectivity index (χ0n) is 15.1. The van der Waals surface area contributed by atoms with Crippen molar-refractivity contribution >= 4 is 29.2 Å². The van der Waals surface area contributed by atoms with Crippen LogP contribution in [-0.2, 0) is 4.79 Å². The fourth-order valence-corrected chi connectivity index (χ4v) is 2.35. The number of nitrogens with one attached hydrogen (secondary N) is 2. The molecule has 0 aromatic heterocycles. The van der Waals surface area contributed by atoms with Gasteiger partial charge in [0.15, 0.2) is 0 Å². The van der Waals surface area contributed by atoms with E-state index in [2.05, 4.69) is 5.32 Å². The van der Waals surface area contributed by atoms with Crippen molar-refractivity contribution in [2.75, 3.05) is 13.7 Å². The SMILES string of the molecule is COc1ccc(C=CC(=O)NC[C@@H](C)Oc2ccc(C(=S)NO)cc2)cc1. The van der Waals surface area contributed by atoms with Crippen molar-refractivity contribution in [3.05, 3.63) is 65.7 Å². The van der Waals surface area contributed by atoms with Crippen LogP contribution in [0.15, 0.2) is 54.6 Å². The molecule has 0 saturated heterocycles. The quantitative estimate of drug-likeness (QED) is 0.368. The molecule has 2 aromatic rings. The summed E-state index contributed by atoms with van der Waals surface area (Å²) in [7, 11) is 1.61. The first-order valence-electron chi connectivity index (χ1n) is 8.33. The fraction of sp³-hybridized carbons (Fsp3) is 0.200. The van der Waals surface area contributed by atoms with E-state index in [1.807, 2.05) is 36.7 Å². The molecule has 0 saturated carbocycles. The predicted octanol–water partition coefficient (Wildman–Crippen LogP) is 2.95. The largest absolute Gasteiger partial charge is 0.497 e. The Bertz CT molecular complexity index is 789. The van der Waals surface area contributed by atoms with Crippen LogP contribution >= 0.6 is 12.2 Å². The summed E-state index contributed by atoms with van der Waals surface area (Å²) in [6, 6.07) is 14.4. The molecular formula is C20H22N2O4S. The molecule has 2 aromatic carbocycles. The van der Waals surface area contributed by atoms with Gasteiger partial charge in [0.25, 0.3) is 0 Å². The lowest BCUT2D eigenvalue weighted by Gasteiger charge is -2.15. The minimum Gasteiger partial charge on any atom is -0.497 e. The molecule has 0 unspecified atom stereocenters. The average molecular weight is 386 g/mol. The minimum atomic E-state index is -0.211. The maximum Gasteiger partial charge on any atom is 0.244 e.